The molecule has 0 saturated carbocycles. The molecular formula is C10H10Cl2O4. The third-order valence-electron chi connectivity index (χ3n) is 2.83. The number of hydrogen-bond donors (Lipinski definition) is 1. The Labute approximate surface area is 102 Å². The lowest BCUT2D eigenvalue weighted by Crippen LogP contribution is -2.44. The van der Waals surface area contributed by atoms with Gasteiger partial charge in [-0.05, 0) is 6.92 Å². The molecule has 2 aliphatic rings. The van der Waals surface area contributed by atoms with Crippen LogP contribution in [0, 0.1) is 0 Å². The quantitative estimate of drug-likeness (QED) is 0.604. The molecule has 6 heteroatoms. The second kappa shape index (κ2) is 3.47. The Balaban J connectivity index is 2.51. The number of rotatable bonds is 2. The summed E-state index contributed by atoms with van der Waals surface area (Å²) in [6.07, 6.45) is 1.47. The molecule has 1 N–H and O–H groups in total. The summed E-state index contributed by atoms with van der Waals surface area (Å²) in [5.41, 5.74) is -1.40. The number of halogens is 2. The first-order chi connectivity index (χ1) is 7.44. The highest BCUT2D eigenvalue weighted by Crippen LogP contribution is 2.62. The number of carbonyl (C=O) groups excluding carboxylic acids is 1. The summed E-state index contributed by atoms with van der Waals surface area (Å²) in [5, 5.41) is 8.62. The van der Waals surface area contributed by atoms with Gasteiger partial charge in [0, 0.05) is 6.08 Å². The number of allylic oxidation sites excluding steroid dienone is 1. The number of fused-ring (bicyclic) bond motifs is 1. The van der Waals surface area contributed by atoms with Crippen LogP contribution in [0.4, 0.5) is 0 Å². The summed E-state index contributed by atoms with van der Waals surface area (Å²) in [6.45, 7) is 1.66. The highest BCUT2D eigenvalue weighted by Gasteiger charge is 2.81. The largest absolute Gasteiger partial charge is 0.498 e. The van der Waals surface area contributed by atoms with Crippen molar-refractivity contribution in [2.75, 3.05) is 7.11 Å². The molecular weight excluding hydrogens is 255 g/mol. The Kier molecular flexibility index (Phi) is 2.58. The molecule has 2 rings (SSSR count). The summed E-state index contributed by atoms with van der Waals surface area (Å²) in [5.74, 6) is -0.380. The van der Waals surface area contributed by atoms with Crippen LogP contribution >= 0.6 is 23.2 Å². The number of ketones is 1. The van der Waals surface area contributed by atoms with Gasteiger partial charge in [0.05, 0.1) is 12.1 Å². The third kappa shape index (κ3) is 1.16. The zero-order valence-corrected chi connectivity index (χ0v) is 10.2. The van der Waals surface area contributed by atoms with Crippen LogP contribution in [-0.2, 0) is 14.3 Å². The Bertz CT molecular complexity index is 417. The molecule has 0 spiro atoms. The van der Waals surface area contributed by atoms with Gasteiger partial charge in [0.2, 0.25) is 10.8 Å². The van der Waals surface area contributed by atoms with Crippen LogP contribution in [0.2, 0.25) is 0 Å². The second-order valence-corrected chi connectivity index (χ2v) is 4.53. The summed E-state index contributed by atoms with van der Waals surface area (Å²) in [4.78, 5) is 11.7. The van der Waals surface area contributed by atoms with Gasteiger partial charge in [-0.1, -0.05) is 29.3 Å². The van der Waals surface area contributed by atoms with Crippen molar-refractivity contribution in [1.29, 1.82) is 0 Å². The predicted molar refractivity (Wildman–Crippen MR) is 58.1 cm³/mol. The molecule has 0 aromatic heterocycles. The van der Waals surface area contributed by atoms with Crippen LogP contribution in [0.15, 0.2) is 22.9 Å². The van der Waals surface area contributed by atoms with Gasteiger partial charge in [-0.25, -0.2) is 0 Å². The number of aliphatic hydroxyl groups excluding tert-OH is 1. The lowest BCUT2D eigenvalue weighted by atomic mass is 9.88. The van der Waals surface area contributed by atoms with E-state index in [1.54, 1.807) is 6.92 Å². The minimum atomic E-state index is -1.60. The third-order valence-corrected chi connectivity index (χ3v) is 3.87. The van der Waals surface area contributed by atoms with Crippen molar-refractivity contribution in [3.8, 4) is 0 Å². The highest BCUT2D eigenvalue weighted by molar-refractivity contribution is 6.42. The Morgan fingerprint density at radius 1 is 1.75 bits per heavy atom. The molecule has 0 radical (unpaired) electrons. The van der Waals surface area contributed by atoms with E-state index in [2.05, 4.69) is 0 Å². The van der Waals surface area contributed by atoms with Crippen LogP contribution in [-0.4, -0.2) is 34.8 Å². The standard InChI is InChI=1S/C10H10Cl2O4/c1-3-6(11)9-8(14)5(15-2)4-7(13)10(9,12)16-9/h3-4,8,14H,1-2H3/b6-3-/t8-,9-,10+/m0/s1. The molecule has 1 aliphatic carbocycles. The van der Waals surface area contributed by atoms with Crippen molar-refractivity contribution >= 4 is 29.0 Å². The van der Waals surface area contributed by atoms with Crippen molar-refractivity contribution in [3.05, 3.63) is 22.9 Å². The predicted octanol–water partition coefficient (Wildman–Crippen LogP) is 1.31. The van der Waals surface area contributed by atoms with Crippen molar-refractivity contribution in [2.24, 2.45) is 0 Å². The van der Waals surface area contributed by atoms with Crippen molar-refractivity contribution in [3.63, 3.8) is 0 Å². The van der Waals surface area contributed by atoms with Crippen LogP contribution in [0.3, 0.4) is 0 Å². The minimum absolute atomic E-state index is 0.0961. The summed E-state index contributed by atoms with van der Waals surface area (Å²) >= 11 is 11.9. The molecule has 0 amide bonds. The van der Waals surface area contributed by atoms with E-state index in [1.165, 1.54) is 13.2 Å². The summed E-state index contributed by atoms with van der Waals surface area (Å²) < 4.78 is 10.1. The van der Waals surface area contributed by atoms with Gasteiger partial charge < -0.3 is 14.6 Å². The van der Waals surface area contributed by atoms with Crippen LogP contribution in [0.1, 0.15) is 6.92 Å². The molecule has 1 saturated heterocycles. The lowest BCUT2D eigenvalue weighted by Gasteiger charge is -2.25. The number of aliphatic hydroxyl groups is 1. The molecule has 4 nitrogen and oxygen atoms in total. The van der Waals surface area contributed by atoms with Crippen LogP contribution < -0.4 is 0 Å². The molecule has 1 heterocycles. The average molecular weight is 265 g/mol. The van der Waals surface area contributed by atoms with Gasteiger partial charge in [0.25, 0.3) is 0 Å². The lowest BCUT2D eigenvalue weighted by molar-refractivity contribution is -0.117. The molecule has 1 fully saturated rings. The monoisotopic (exact) mass is 264 g/mol. The van der Waals surface area contributed by atoms with Crippen molar-refractivity contribution in [1.82, 2.24) is 0 Å². The van der Waals surface area contributed by atoms with E-state index < -0.39 is 22.5 Å². The molecule has 0 aromatic rings. The van der Waals surface area contributed by atoms with Crippen LogP contribution in [0.25, 0.3) is 0 Å². The van der Waals surface area contributed by atoms with Crippen molar-refractivity contribution < 1.29 is 19.4 Å². The molecule has 1 aliphatic heterocycles. The first-order valence-corrected chi connectivity index (χ1v) is 5.39. The number of ether oxygens (including phenoxy) is 2. The fraction of sp³-hybridized carbons (Fsp3) is 0.500. The molecule has 88 valence electrons. The molecule has 3 atom stereocenters. The Morgan fingerprint density at radius 3 is 2.88 bits per heavy atom. The second-order valence-electron chi connectivity index (χ2n) is 3.59. The van der Waals surface area contributed by atoms with Gasteiger partial charge >= 0.3 is 0 Å². The van der Waals surface area contributed by atoms with Gasteiger partial charge in [0.1, 0.15) is 11.9 Å². The SMILES string of the molecule is C/C=C(\Cl)[C@@]12O[C@]1(Cl)C(=O)C=C(OC)[C@@H]2O. The highest BCUT2D eigenvalue weighted by atomic mass is 35.5. The van der Waals surface area contributed by atoms with Gasteiger partial charge in [0.15, 0.2) is 5.60 Å². The van der Waals surface area contributed by atoms with E-state index in [4.69, 9.17) is 32.7 Å². The number of methoxy groups -OCH3 is 1. The normalized spacial score (nSPS) is 42.6. The molecule has 16 heavy (non-hydrogen) atoms. The topological polar surface area (TPSA) is 59.1 Å². The van der Waals surface area contributed by atoms with E-state index in [9.17, 15) is 9.90 Å². The number of epoxide rings is 1. The Hall–Kier alpha value is -0.550. The number of hydrogen-bond acceptors (Lipinski definition) is 4. The van der Waals surface area contributed by atoms with E-state index in [-0.39, 0.29) is 10.8 Å². The maximum Gasteiger partial charge on any atom is 0.243 e. The zero-order valence-electron chi connectivity index (χ0n) is 8.66. The van der Waals surface area contributed by atoms with Crippen LogP contribution in [0.5, 0.6) is 0 Å². The summed E-state index contributed by atoms with van der Waals surface area (Å²) in [6, 6.07) is 0. The van der Waals surface area contributed by atoms with Crippen molar-refractivity contribution in [2.45, 2.75) is 23.7 Å². The van der Waals surface area contributed by atoms with Gasteiger partial charge in [-0.15, -0.1) is 0 Å². The number of carbonyl (C=O) groups is 1. The number of alkyl halides is 1. The first-order valence-electron chi connectivity index (χ1n) is 4.63. The zero-order chi connectivity index (χ0) is 12.1. The van der Waals surface area contributed by atoms with E-state index in [0.29, 0.717) is 0 Å². The smallest absolute Gasteiger partial charge is 0.243 e. The van der Waals surface area contributed by atoms with E-state index in [0.717, 1.165) is 6.08 Å². The average Bonchev–Trinajstić information content (AvgIpc) is 2.93. The molecule has 0 unspecified atom stereocenters. The van der Waals surface area contributed by atoms with Gasteiger partial charge in [-0.2, -0.15) is 0 Å². The minimum Gasteiger partial charge on any atom is -0.498 e. The van der Waals surface area contributed by atoms with Gasteiger partial charge in [-0.3, -0.25) is 4.79 Å². The fourth-order valence-electron chi connectivity index (χ4n) is 1.88. The summed E-state index contributed by atoms with van der Waals surface area (Å²) in [7, 11) is 1.35. The molecule has 0 aromatic carbocycles. The first kappa shape index (κ1) is 11.9. The Morgan fingerprint density at radius 2 is 2.38 bits per heavy atom. The maximum absolute atomic E-state index is 11.7. The fourth-order valence-corrected chi connectivity index (χ4v) is 2.59. The molecule has 0 bridgehead atoms. The van der Waals surface area contributed by atoms with E-state index in [1.807, 2.05) is 0 Å². The van der Waals surface area contributed by atoms with E-state index >= 15 is 0 Å². The maximum atomic E-state index is 11.7.